The number of ether oxygens (including phenoxy) is 1. The first-order valence-corrected chi connectivity index (χ1v) is 6.42. The van der Waals surface area contributed by atoms with Gasteiger partial charge in [0.05, 0.1) is 18.8 Å². The second-order valence-corrected chi connectivity index (χ2v) is 4.83. The minimum absolute atomic E-state index is 0. The first kappa shape index (κ1) is 15.6. The zero-order valence-corrected chi connectivity index (χ0v) is 12.1. The molecule has 7 heteroatoms. The van der Waals surface area contributed by atoms with Crippen molar-refractivity contribution in [3.8, 4) is 11.5 Å². The topological polar surface area (TPSA) is 83.1 Å². The molecule has 1 fully saturated rings. The fourth-order valence-electron chi connectivity index (χ4n) is 2.30. The van der Waals surface area contributed by atoms with E-state index in [4.69, 9.17) is 9.15 Å². The van der Waals surface area contributed by atoms with Gasteiger partial charge >= 0.3 is 5.63 Å². The molecule has 0 radical (unpaired) electrons. The van der Waals surface area contributed by atoms with Crippen LogP contribution in [0.1, 0.15) is 5.56 Å². The number of rotatable bonds is 2. The molecule has 2 aromatic rings. The molecular formula is C14H16ClNO5. The third kappa shape index (κ3) is 3.29. The first-order chi connectivity index (χ1) is 9.63. The van der Waals surface area contributed by atoms with Crippen molar-refractivity contribution in [3.63, 3.8) is 0 Å². The second-order valence-electron chi connectivity index (χ2n) is 4.83. The first-order valence-electron chi connectivity index (χ1n) is 6.42. The molecule has 21 heavy (non-hydrogen) atoms. The molecule has 0 atom stereocenters. The van der Waals surface area contributed by atoms with Crippen molar-refractivity contribution in [2.45, 2.75) is 6.54 Å². The maximum Gasteiger partial charge on any atom is 0.340 e. The highest BCUT2D eigenvalue weighted by atomic mass is 35.5. The number of hydrogen-bond donors (Lipinski definition) is 2. The van der Waals surface area contributed by atoms with Gasteiger partial charge in [0.25, 0.3) is 0 Å². The Kier molecular flexibility index (Phi) is 4.72. The van der Waals surface area contributed by atoms with E-state index in [9.17, 15) is 15.0 Å². The molecule has 0 bridgehead atoms. The van der Waals surface area contributed by atoms with E-state index >= 15 is 0 Å². The lowest BCUT2D eigenvalue weighted by atomic mass is 10.1. The molecular weight excluding hydrogens is 298 g/mol. The van der Waals surface area contributed by atoms with Crippen LogP contribution in [0.4, 0.5) is 0 Å². The molecule has 0 amide bonds. The zero-order chi connectivity index (χ0) is 14.1. The molecule has 0 saturated carbocycles. The Morgan fingerprint density at radius 3 is 2.48 bits per heavy atom. The number of morpholine rings is 1. The lowest BCUT2D eigenvalue weighted by molar-refractivity contribution is 0.0338. The Hall–Kier alpha value is -1.76. The summed E-state index contributed by atoms with van der Waals surface area (Å²) in [6.45, 7) is 3.36. The number of nitrogens with zero attached hydrogens (tertiary/aromatic N) is 1. The van der Waals surface area contributed by atoms with Gasteiger partial charge in [-0.2, -0.15) is 0 Å². The SMILES string of the molecule is Cl.O=c1oc2cc(O)c(O)cc2cc1CN1CCOCC1. The van der Waals surface area contributed by atoms with Crippen molar-refractivity contribution in [1.29, 1.82) is 0 Å². The highest BCUT2D eigenvalue weighted by molar-refractivity contribution is 5.85. The molecule has 0 unspecified atom stereocenters. The van der Waals surface area contributed by atoms with Crippen LogP contribution < -0.4 is 5.63 Å². The van der Waals surface area contributed by atoms with Crippen LogP contribution >= 0.6 is 12.4 Å². The van der Waals surface area contributed by atoms with Crippen molar-refractivity contribution in [2.75, 3.05) is 26.3 Å². The summed E-state index contributed by atoms with van der Waals surface area (Å²) in [5.41, 5.74) is 0.370. The Balaban J connectivity index is 0.00000161. The predicted molar refractivity (Wildman–Crippen MR) is 79.2 cm³/mol. The highest BCUT2D eigenvalue weighted by Gasteiger charge is 2.15. The average Bonchev–Trinajstić information content (AvgIpc) is 2.43. The Morgan fingerprint density at radius 2 is 1.76 bits per heavy atom. The lowest BCUT2D eigenvalue weighted by Gasteiger charge is -2.26. The Bertz CT molecular complexity index is 694. The van der Waals surface area contributed by atoms with Crippen LogP contribution in [0.5, 0.6) is 11.5 Å². The summed E-state index contributed by atoms with van der Waals surface area (Å²) < 4.78 is 10.4. The molecule has 0 spiro atoms. The average molecular weight is 314 g/mol. The molecule has 1 aliphatic rings. The van der Waals surface area contributed by atoms with Gasteiger partial charge in [0, 0.05) is 31.1 Å². The minimum Gasteiger partial charge on any atom is -0.504 e. The second kappa shape index (κ2) is 6.34. The Morgan fingerprint density at radius 1 is 1.10 bits per heavy atom. The number of phenols is 2. The summed E-state index contributed by atoms with van der Waals surface area (Å²) in [5, 5.41) is 19.5. The summed E-state index contributed by atoms with van der Waals surface area (Å²) in [5.74, 6) is -0.537. The van der Waals surface area contributed by atoms with E-state index in [1.807, 2.05) is 0 Å². The van der Waals surface area contributed by atoms with Crippen LogP contribution in [0.15, 0.2) is 27.4 Å². The van der Waals surface area contributed by atoms with E-state index in [0.29, 0.717) is 30.7 Å². The molecule has 1 saturated heterocycles. The van der Waals surface area contributed by atoms with E-state index in [1.54, 1.807) is 6.07 Å². The van der Waals surface area contributed by atoms with E-state index in [1.165, 1.54) is 12.1 Å². The van der Waals surface area contributed by atoms with Crippen LogP contribution in [0.25, 0.3) is 11.0 Å². The number of aromatic hydroxyl groups is 2. The summed E-state index contributed by atoms with van der Waals surface area (Å²) in [6, 6.07) is 4.32. The number of benzene rings is 1. The van der Waals surface area contributed by atoms with Crippen molar-refractivity contribution < 1.29 is 19.4 Å². The molecule has 1 aromatic carbocycles. The van der Waals surface area contributed by atoms with Gasteiger partial charge in [-0.1, -0.05) is 0 Å². The zero-order valence-electron chi connectivity index (χ0n) is 11.2. The molecule has 1 aliphatic heterocycles. The van der Waals surface area contributed by atoms with Gasteiger partial charge in [0.2, 0.25) is 0 Å². The smallest absolute Gasteiger partial charge is 0.340 e. The van der Waals surface area contributed by atoms with Crippen LogP contribution in [-0.4, -0.2) is 41.4 Å². The lowest BCUT2D eigenvalue weighted by Crippen LogP contribution is -2.36. The van der Waals surface area contributed by atoms with Crippen molar-refractivity contribution >= 4 is 23.4 Å². The largest absolute Gasteiger partial charge is 0.504 e. The molecule has 3 rings (SSSR count). The van der Waals surface area contributed by atoms with Crippen molar-refractivity contribution in [2.24, 2.45) is 0 Å². The molecule has 2 N–H and O–H groups in total. The van der Waals surface area contributed by atoms with Crippen LogP contribution in [-0.2, 0) is 11.3 Å². The van der Waals surface area contributed by atoms with Crippen LogP contribution in [0, 0.1) is 0 Å². The molecule has 0 aliphatic carbocycles. The maximum absolute atomic E-state index is 11.9. The number of phenolic OH excluding ortho intramolecular Hbond substituents is 2. The third-order valence-corrected chi connectivity index (χ3v) is 3.40. The number of fused-ring (bicyclic) bond motifs is 1. The van der Waals surface area contributed by atoms with Crippen LogP contribution in [0.2, 0.25) is 0 Å². The molecule has 2 heterocycles. The third-order valence-electron chi connectivity index (χ3n) is 3.40. The van der Waals surface area contributed by atoms with Crippen molar-refractivity contribution in [1.82, 2.24) is 4.90 Å². The van der Waals surface area contributed by atoms with E-state index in [2.05, 4.69) is 4.90 Å². The van der Waals surface area contributed by atoms with Gasteiger partial charge in [0.1, 0.15) is 5.58 Å². The minimum atomic E-state index is -0.422. The highest BCUT2D eigenvalue weighted by Crippen LogP contribution is 2.29. The summed E-state index contributed by atoms with van der Waals surface area (Å²) in [4.78, 5) is 14.0. The fraction of sp³-hybridized carbons (Fsp3) is 0.357. The normalized spacial score (nSPS) is 15.8. The van der Waals surface area contributed by atoms with Gasteiger partial charge in [-0.25, -0.2) is 4.79 Å². The van der Waals surface area contributed by atoms with Gasteiger partial charge in [-0.05, 0) is 12.1 Å². The summed E-state index contributed by atoms with van der Waals surface area (Å²) in [6.07, 6.45) is 0. The molecule has 1 aromatic heterocycles. The van der Waals surface area contributed by atoms with Crippen LogP contribution in [0.3, 0.4) is 0 Å². The van der Waals surface area contributed by atoms with Gasteiger partial charge in [-0.3, -0.25) is 4.90 Å². The van der Waals surface area contributed by atoms with Gasteiger partial charge in [-0.15, -0.1) is 12.4 Å². The van der Waals surface area contributed by atoms with Crippen molar-refractivity contribution in [3.05, 3.63) is 34.2 Å². The fourth-order valence-corrected chi connectivity index (χ4v) is 2.30. The summed E-state index contributed by atoms with van der Waals surface area (Å²) >= 11 is 0. The van der Waals surface area contributed by atoms with Gasteiger partial charge in [0.15, 0.2) is 11.5 Å². The predicted octanol–water partition coefficient (Wildman–Crippen LogP) is 1.46. The van der Waals surface area contributed by atoms with E-state index < -0.39 is 5.63 Å². The number of halogens is 1. The maximum atomic E-state index is 11.9. The standard InChI is InChI=1S/C14H15NO5.ClH/c16-11-6-9-5-10(8-15-1-3-19-4-2-15)14(18)20-13(9)7-12(11)17;/h5-7,16-17H,1-4,8H2;1H. The van der Waals surface area contributed by atoms with Gasteiger partial charge < -0.3 is 19.4 Å². The monoisotopic (exact) mass is 313 g/mol. The quantitative estimate of drug-likeness (QED) is 0.645. The molecule has 6 nitrogen and oxygen atoms in total. The van der Waals surface area contributed by atoms with E-state index in [0.717, 1.165) is 13.1 Å². The molecule has 114 valence electrons. The summed E-state index contributed by atoms with van der Waals surface area (Å²) in [7, 11) is 0. The Labute approximate surface area is 127 Å². The van der Waals surface area contributed by atoms with E-state index in [-0.39, 0.29) is 29.5 Å². The number of hydrogen-bond acceptors (Lipinski definition) is 6.